The monoisotopic (exact) mass is 371 g/mol. The van der Waals surface area contributed by atoms with Crippen LogP contribution in [-0.2, 0) is 21.2 Å². The molecule has 2 aromatic carbocycles. The van der Waals surface area contributed by atoms with Gasteiger partial charge in [-0.3, -0.25) is 4.79 Å². The third kappa shape index (κ3) is 4.30. The predicted molar refractivity (Wildman–Crippen MR) is 101 cm³/mol. The van der Waals surface area contributed by atoms with Crippen molar-refractivity contribution in [3.8, 4) is 0 Å². The first kappa shape index (κ1) is 18.2. The minimum atomic E-state index is -3.69. The van der Waals surface area contributed by atoms with E-state index < -0.39 is 10.0 Å². The number of sulfonamides is 1. The van der Waals surface area contributed by atoms with Gasteiger partial charge in [-0.05, 0) is 42.7 Å². The highest BCUT2D eigenvalue weighted by Gasteiger charge is 2.15. The fraction of sp³-hybridized carbons (Fsp3) is 0.211. The first-order valence-electron chi connectivity index (χ1n) is 8.34. The maximum absolute atomic E-state index is 12.2. The average Bonchev–Trinajstić information content (AvgIpc) is 3.03. The molecule has 0 aliphatic rings. The van der Waals surface area contributed by atoms with Crippen LogP contribution in [0.2, 0.25) is 0 Å². The zero-order chi connectivity index (χ0) is 18.6. The van der Waals surface area contributed by atoms with Crippen molar-refractivity contribution in [2.24, 2.45) is 0 Å². The number of para-hydroxylation sites is 1. The highest BCUT2D eigenvalue weighted by Crippen LogP contribution is 2.17. The minimum Gasteiger partial charge on any atom is -0.361 e. The van der Waals surface area contributed by atoms with Crippen LogP contribution in [0.3, 0.4) is 0 Å². The molecule has 3 rings (SSSR count). The Morgan fingerprint density at radius 2 is 1.92 bits per heavy atom. The van der Waals surface area contributed by atoms with E-state index in [0.717, 1.165) is 22.0 Å². The SMILES string of the molecule is Cc1cccc(S(=O)(=O)NCC(=O)NCCc2c[nH]c3ccccc23)c1. The molecule has 0 aliphatic carbocycles. The van der Waals surface area contributed by atoms with E-state index in [1.165, 1.54) is 6.07 Å². The quantitative estimate of drug-likeness (QED) is 0.594. The van der Waals surface area contributed by atoms with Crippen molar-refractivity contribution >= 4 is 26.8 Å². The zero-order valence-electron chi connectivity index (χ0n) is 14.5. The molecule has 7 heteroatoms. The number of fused-ring (bicyclic) bond motifs is 1. The normalized spacial score (nSPS) is 11.6. The first-order valence-corrected chi connectivity index (χ1v) is 9.82. The molecule has 136 valence electrons. The Kier molecular flexibility index (Phi) is 5.39. The lowest BCUT2D eigenvalue weighted by atomic mass is 10.1. The third-order valence-corrected chi connectivity index (χ3v) is 5.51. The maximum atomic E-state index is 12.2. The molecule has 3 N–H and O–H groups in total. The standard InChI is InChI=1S/C19H21N3O3S/c1-14-5-4-6-16(11-14)26(24,25)22-13-19(23)20-10-9-15-12-21-18-8-3-2-7-17(15)18/h2-8,11-12,21-22H,9-10,13H2,1H3,(H,20,23). The summed E-state index contributed by atoms with van der Waals surface area (Å²) in [5, 5.41) is 3.87. The second-order valence-electron chi connectivity index (χ2n) is 6.10. The number of carbonyl (C=O) groups is 1. The molecular formula is C19H21N3O3S. The van der Waals surface area contributed by atoms with Crippen LogP contribution in [0.25, 0.3) is 10.9 Å². The van der Waals surface area contributed by atoms with Crippen molar-refractivity contribution in [1.82, 2.24) is 15.0 Å². The van der Waals surface area contributed by atoms with Gasteiger partial charge in [0.25, 0.3) is 0 Å². The van der Waals surface area contributed by atoms with E-state index in [0.29, 0.717) is 13.0 Å². The number of amides is 1. The third-order valence-electron chi connectivity index (χ3n) is 4.11. The lowest BCUT2D eigenvalue weighted by molar-refractivity contribution is -0.119. The van der Waals surface area contributed by atoms with Crippen LogP contribution in [-0.4, -0.2) is 32.4 Å². The molecule has 1 heterocycles. The minimum absolute atomic E-state index is 0.157. The number of H-pyrrole nitrogens is 1. The lowest BCUT2D eigenvalue weighted by Crippen LogP contribution is -2.37. The maximum Gasteiger partial charge on any atom is 0.241 e. The van der Waals surface area contributed by atoms with Gasteiger partial charge in [-0.25, -0.2) is 13.1 Å². The van der Waals surface area contributed by atoms with E-state index >= 15 is 0 Å². The van der Waals surface area contributed by atoms with E-state index in [9.17, 15) is 13.2 Å². The summed E-state index contributed by atoms with van der Waals surface area (Å²) in [5.74, 6) is -0.360. The molecule has 0 aliphatic heterocycles. The number of benzene rings is 2. The second-order valence-corrected chi connectivity index (χ2v) is 7.87. The molecule has 0 spiro atoms. The van der Waals surface area contributed by atoms with Crippen molar-refractivity contribution < 1.29 is 13.2 Å². The summed E-state index contributed by atoms with van der Waals surface area (Å²) in [6.07, 6.45) is 2.59. The molecule has 1 aromatic heterocycles. The molecule has 26 heavy (non-hydrogen) atoms. The molecule has 0 radical (unpaired) electrons. The lowest BCUT2D eigenvalue weighted by Gasteiger charge is -2.08. The van der Waals surface area contributed by atoms with Gasteiger partial charge < -0.3 is 10.3 Å². The van der Waals surface area contributed by atoms with Gasteiger partial charge in [-0.1, -0.05) is 30.3 Å². The predicted octanol–water partition coefficient (Wildman–Crippen LogP) is 2.11. The molecule has 0 atom stereocenters. The Bertz CT molecular complexity index is 1030. The Labute approximate surface area is 152 Å². The number of rotatable bonds is 7. The van der Waals surface area contributed by atoms with Crippen molar-refractivity contribution in [2.45, 2.75) is 18.2 Å². The van der Waals surface area contributed by atoms with Crippen molar-refractivity contribution in [3.63, 3.8) is 0 Å². The van der Waals surface area contributed by atoms with Gasteiger partial charge >= 0.3 is 0 Å². The number of hydrogen-bond donors (Lipinski definition) is 3. The topological polar surface area (TPSA) is 91.1 Å². The number of aryl methyl sites for hydroxylation is 1. The molecule has 0 fully saturated rings. The average molecular weight is 371 g/mol. The smallest absolute Gasteiger partial charge is 0.241 e. The first-order chi connectivity index (χ1) is 12.5. The highest BCUT2D eigenvalue weighted by molar-refractivity contribution is 7.89. The fourth-order valence-corrected chi connectivity index (χ4v) is 3.85. The van der Waals surface area contributed by atoms with Gasteiger partial charge in [0, 0.05) is 23.6 Å². The summed E-state index contributed by atoms with van der Waals surface area (Å²) in [7, 11) is -3.69. The van der Waals surface area contributed by atoms with Gasteiger partial charge in [0.2, 0.25) is 15.9 Å². The summed E-state index contributed by atoms with van der Waals surface area (Å²) in [6, 6.07) is 14.5. The zero-order valence-corrected chi connectivity index (χ0v) is 15.3. The van der Waals surface area contributed by atoms with Crippen LogP contribution in [0.5, 0.6) is 0 Å². The Morgan fingerprint density at radius 3 is 2.73 bits per heavy atom. The van der Waals surface area contributed by atoms with Gasteiger partial charge in [-0.15, -0.1) is 0 Å². The highest BCUT2D eigenvalue weighted by atomic mass is 32.2. The van der Waals surface area contributed by atoms with Crippen LogP contribution >= 0.6 is 0 Å². The summed E-state index contributed by atoms with van der Waals surface area (Å²) >= 11 is 0. The summed E-state index contributed by atoms with van der Waals surface area (Å²) < 4.78 is 26.7. The van der Waals surface area contributed by atoms with E-state index in [1.807, 2.05) is 43.5 Å². The molecule has 6 nitrogen and oxygen atoms in total. The Morgan fingerprint density at radius 1 is 1.12 bits per heavy atom. The van der Waals surface area contributed by atoms with Crippen LogP contribution in [0.15, 0.2) is 59.6 Å². The van der Waals surface area contributed by atoms with Crippen molar-refractivity contribution in [2.75, 3.05) is 13.1 Å². The largest absolute Gasteiger partial charge is 0.361 e. The number of nitrogens with one attached hydrogen (secondary N) is 3. The van der Waals surface area contributed by atoms with E-state index in [-0.39, 0.29) is 17.3 Å². The van der Waals surface area contributed by atoms with Crippen LogP contribution in [0.1, 0.15) is 11.1 Å². The molecule has 0 bridgehead atoms. The molecule has 1 amide bonds. The number of hydrogen-bond acceptors (Lipinski definition) is 3. The number of carbonyl (C=O) groups excluding carboxylic acids is 1. The Balaban J connectivity index is 1.50. The van der Waals surface area contributed by atoms with Gasteiger partial charge in [0.15, 0.2) is 0 Å². The summed E-state index contributed by atoms with van der Waals surface area (Å²) in [4.78, 5) is 15.3. The van der Waals surface area contributed by atoms with Gasteiger partial charge in [0.05, 0.1) is 11.4 Å². The van der Waals surface area contributed by atoms with Crippen LogP contribution in [0.4, 0.5) is 0 Å². The van der Waals surface area contributed by atoms with Crippen molar-refractivity contribution in [3.05, 3.63) is 65.9 Å². The van der Waals surface area contributed by atoms with Gasteiger partial charge in [-0.2, -0.15) is 0 Å². The van der Waals surface area contributed by atoms with Gasteiger partial charge in [0.1, 0.15) is 0 Å². The fourth-order valence-electron chi connectivity index (χ4n) is 2.76. The number of aromatic amines is 1. The van der Waals surface area contributed by atoms with E-state index in [4.69, 9.17) is 0 Å². The summed E-state index contributed by atoms with van der Waals surface area (Å²) in [6.45, 7) is 1.97. The number of aromatic nitrogens is 1. The molecule has 0 unspecified atom stereocenters. The molecule has 3 aromatic rings. The van der Waals surface area contributed by atoms with Crippen molar-refractivity contribution in [1.29, 1.82) is 0 Å². The second kappa shape index (κ2) is 7.72. The molecular weight excluding hydrogens is 350 g/mol. The van der Waals surface area contributed by atoms with Crippen LogP contribution in [0, 0.1) is 6.92 Å². The summed E-state index contributed by atoms with van der Waals surface area (Å²) in [5.41, 5.74) is 3.01. The van der Waals surface area contributed by atoms with E-state index in [1.54, 1.807) is 12.1 Å². The van der Waals surface area contributed by atoms with Crippen LogP contribution < -0.4 is 10.0 Å². The Hall–Kier alpha value is -2.64. The molecule has 0 saturated carbocycles. The van der Waals surface area contributed by atoms with E-state index in [2.05, 4.69) is 15.0 Å². The molecule has 0 saturated heterocycles.